The van der Waals surface area contributed by atoms with Crippen molar-refractivity contribution in [3.63, 3.8) is 0 Å². The molecule has 1 saturated heterocycles. The van der Waals surface area contributed by atoms with Crippen molar-refractivity contribution in [2.45, 2.75) is 38.8 Å². The van der Waals surface area contributed by atoms with Crippen LogP contribution in [0, 0.1) is 0 Å². The lowest BCUT2D eigenvalue weighted by Gasteiger charge is -2.23. The molecule has 2 atom stereocenters. The molecule has 1 aromatic rings. The van der Waals surface area contributed by atoms with Crippen LogP contribution in [0.3, 0.4) is 0 Å². The van der Waals surface area contributed by atoms with Crippen molar-refractivity contribution in [3.8, 4) is 0 Å². The number of carbonyl (C=O) groups is 3. The van der Waals surface area contributed by atoms with Gasteiger partial charge in [0.25, 0.3) is 5.91 Å². The molecule has 0 aliphatic carbocycles. The van der Waals surface area contributed by atoms with Crippen molar-refractivity contribution in [3.05, 3.63) is 18.2 Å². The van der Waals surface area contributed by atoms with Crippen LogP contribution in [0.2, 0.25) is 0 Å². The van der Waals surface area contributed by atoms with Crippen LogP contribution in [0.1, 0.15) is 37.3 Å². The molecule has 0 aromatic carbocycles. The highest BCUT2D eigenvalue weighted by atomic mass is 16.5. The molecule has 0 unspecified atom stereocenters. The number of amides is 3. The minimum atomic E-state index is -0.612. The Kier molecular flexibility index (Phi) is 7.14. The Balaban J connectivity index is 2.03. The van der Waals surface area contributed by atoms with Gasteiger partial charge in [-0.1, -0.05) is 6.92 Å². The molecule has 9 nitrogen and oxygen atoms in total. The van der Waals surface area contributed by atoms with Crippen LogP contribution in [-0.4, -0.2) is 70.6 Å². The lowest BCUT2D eigenvalue weighted by molar-refractivity contribution is -0.142. The number of imidazole rings is 1. The van der Waals surface area contributed by atoms with E-state index in [-0.39, 0.29) is 42.7 Å². The van der Waals surface area contributed by atoms with Gasteiger partial charge >= 0.3 is 0 Å². The zero-order valence-electron chi connectivity index (χ0n) is 15.5. The van der Waals surface area contributed by atoms with Crippen LogP contribution in [0.4, 0.5) is 0 Å². The second-order valence-corrected chi connectivity index (χ2v) is 6.28. The smallest absolute Gasteiger partial charge is 0.287 e. The molecule has 2 rings (SSSR count). The number of hydrogen-bond donors (Lipinski definition) is 2. The van der Waals surface area contributed by atoms with E-state index in [0.717, 1.165) is 6.42 Å². The Morgan fingerprint density at radius 2 is 2.12 bits per heavy atom. The summed E-state index contributed by atoms with van der Waals surface area (Å²) in [5.41, 5.74) is 0. The highest BCUT2D eigenvalue weighted by Crippen LogP contribution is 2.19. The van der Waals surface area contributed by atoms with E-state index in [4.69, 9.17) is 4.74 Å². The van der Waals surface area contributed by atoms with Gasteiger partial charge in [0.2, 0.25) is 11.8 Å². The SMILES string of the molecule is CCCOCC(=O)N1C[C@@H](NC(=O)c2nccn2C)C[C@H]1C(=O)NCC. The maximum absolute atomic E-state index is 12.4. The largest absolute Gasteiger partial charge is 0.372 e. The second kappa shape index (κ2) is 9.33. The lowest BCUT2D eigenvalue weighted by atomic mass is 10.1. The number of nitrogens with one attached hydrogen (secondary N) is 2. The molecular formula is C17H27N5O4. The van der Waals surface area contributed by atoms with Gasteiger partial charge < -0.3 is 24.8 Å². The Morgan fingerprint density at radius 1 is 1.35 bits per heavy atom. The third kappa shape index (κ3) is 4.81. The predicted octanol–water partition coefficient (Wildman–Crippen LogP) is -0.318. The van der Waals surface area contributed by atoms with Gasteiger partial charge in [-0.25, -0.2) is 4.98 Å². The first kappa shape index (κ1) is 19.9. The predicted molar refractivity (Wildman–Crippen MR) is 94.4 cm³/mol. The van der Waals surface area contributed by atoms with E-state index < -0.39 is 6.04 Å². The minimum Gasteiger partial charge on any atom is -0.372 e. The Labute approximate surface area is 153 Å². The van der Waals surface area contributed by atoms with Crippen LogP contribution >= 0.6 is 0 Å². The number of hydrogen-bond acceptors (Lipinski definition) is 5. The Morgan fingerprint density at radius 3 is 2.73 bits per heavy atom. The summed E-state index contributed by atoms with van der Waals surface area (Å²) >= 11 is 0. The Bertz CT molecular complexity index is 645. The average Bonchev–Trinajstić information content (AvgIpc) is 3.21. The van der Waals surface area contributed by atoms with Crippen LogP contribution in [0.5, 0.6) is 0 Å². The number of aryl methyl sites for hydroxylation is 1. The van der Waals surface area contributed by atoms with E-state index >= 15 is 0 Å². The molecule has 0 bridgehead atoms. The summed E-state index contributed by atoms with van der Waals surface area (Å²) in [6.45, 7) is 4.96. The summed E-state index contributed by atoms with van der Waals surface area (Å²) in [4.78, 5) is 42.6. The van der Waals surface area contributed by atoms with Gasteiger partial charge in [0, 0.05) is 45.2 Å². The fraction of sp³-hybridized carbons (Fsp3) is 0.647. The fourth-order valence-electron chi connectivity index (χ4n) is 2.98. The Hall–Kier alpha value is -2.42. The summed E-state index contributed by atoms with van der Waals surface area (Å²) in [6, 6.07) is -0.929. The average molecular weight is 365 g/mol. The first-order valence-corrected chi connectivity index (χ1v) is 8.91. The monoisotopic (exact) mass is 365 g/mol. The highest BCUT2D eigenvalue weighted by Gasteiger charge is 2.40. The van der Waals surface area contributed by atoms with E-state index in [1.807, 2.05) is 13.8 Å². The van der Waals surface area contributed by atoms with Crippen molar-refractivity contribution < 1.29 is 19.1 Å². The highest BCUT2D eigenvalue weighted by molar-refractivity contribution is 5.92. The van der Waals surface area contributed by atoms with Gasteiger partial charge in [0.05, 0.1) is 0 Å². The molecule has 0 saturated carbocycles. The maximum atomic E-state index is 12.4. The molecule has 0 radical (unpaired) electrons. The van der Waals surface area contributed by atoms with E-state index in [1.165, 1.54) is 4.90 Å². The summed E-state index contributed by atoms with van der Waals surface area (Å²) < 4.78 is 6.93. The number of rotatable bonds is 8. The number of likely N-dealkylation sites (N-methyl/N-ethyl adjacent to an activating group) is 1. The second-order valence-electron chi connectivity index (χ2n) is 6.28. The third-order valence-corrected chi connectivity index (χ3v) is 4.21. The summed E-state index contributed by atoms with van der Waals surface area (Å²) in [7, 11) is 1.73. The molecule has 1 fully saturated rings. The molecule has 0 spiro atoms. The zero-order valence-corrected chi connectivity index (χ0v) is 15.5. The van der Waals surface area contributed by atoms with Crippen molar-refractivity contribution in [2.24, 2.45) is 7.05 Å². The first-order valence-electron chi connectivity index (χ1n) is 8.91. The lowest BCUT2D eigenvalue weighted by Crippen LogP contribution is -2.47. The number of ether oxygens (including phenoxy) is 1. The molecule has 1 aliphatic heterocycles. The number of likely N-dealkylation sites (tertiary alicyclic amines) is 1. The summed E-state index contributed by atoms with van der Waals surface area (Å²) in [5, 5.41) is 5.61. The normalized spacial score (nSPS) is 19.4. The molecular weight excluding hydrogens is 338 g/mol. The van der Waals surface area contributed by atoms with Gasteiger partial charge in [-0.2, -0.15) is 0 Å². The van der Waals surface area contributed by atoms with Crippen LogP contribution in [0.15, 0.2) is 12.4 Å². The van der Waals surface area contributed by atoms with Crippen LogP contribution in [-0.2, 0) is 21.4 Å². The summed E-state index contributed by atoms with van der Waals surface area (Å²) in [6.07, 6.45) is 4.40. The molecule has 26 heavy (non-hydrogen) atoms. The standard InChI is InChI=1S/C17H27N5O4/c1-4-8-26-11-14(23)22-10-12(9-13(22)16(24)18-5-2)20-17(25)15-19-6-7-21(15)3/h6-7,12-13H,4-5,8-11H2,1-3H3,(H,18,24)(H,20,25)/t12-,13-/m0/s1. The third-order valence-electron chi connectivity index (χ3n) is 4.21. The molecule has 144 valence electrons. The van der Waals surface area contributed by atoms with Crippen LogP contribution in [0.25, 0.3) is 0 Å². The molecule has 3 amide bonds. The topological polar surface area (TPSA) is 106 Å². The van der Waals surface area contributed by atoms with Crippen molar-refractivity contribution in [1.29, 1.82) is 0 Å². The first-order chi connectivity index (χ1) is 12.5. The van der Waals surface area contributed by atoms with Crippen molar-refractivity contribution >= 4 is 17.7 Å². The quantitative estimate of drug-likeness (QED) is 0.615. The molecule has 2 heterocycles. The number of nitrogens with zero attached hydrogens (tertiary/aromatic N) is 3. The molecule has 2 N–H and O–H groups in total. The number of carbonyl (C=O) groups excluding carboxylic acids is 3. The minimum absolute atomic E-state index is 0.0657. The van der Waals surface area contributed by atoms with E-state index in [2.05, 4.69) is 15.6 Å². The van der Waals surface area contributed by atoms with E-state index in [0.29, 0.717) is 19.6 Å². The maximum Gasteiger partial charge on any atom is 0.287 e. The van der Waals surface area contributed by atoms with E-state index in [1.54, 1.807) is 24.0 Å². The summed E-state index contributed by atoms with van der Waals surface area (Å²) in [5.74, 6) is -0.502. The van der Waals surface area contributed by atoms with Gasteiger partial charge in [-0.3, -0.25) is 14.4 Å². The number of aromatic nitrogens is 2. The van der Waals surface area contributed by atoms with Gasteiger partial charge in [0.15, 0.2) is 5.82 Å². The van der Waals surface area contributed by atoms with Gasteiger partial charge in [-0.15, -0.1) is 0 Å². The van der Waals surface area contributed by atoms with Crippen LogP contribution < -0.4 is 10.6 Å². The molecule has 9 heteroatoms. The van der Waals surface area contributed by atoms with Gasteiger partial charge in [0.1, 0.15) is 12.6 Å². The zero-order chi connectivity index (χ0) is 19.1. The van der Waals surface area contributed by atoms with E-state index in [9.17, 15) is 14.4 Å². The van der Waals surface area contributed by atoms with Crippen molar-refractivity contribution in [2.75, 3.05) is 26.3 Å². The molecule has 1 aromatic heterocycles. The molecule has 1 aliphatic rings. The van der Waals surface area contributed by atoms with Crippen molar-refractivity contribution in [1.82, 2.24) is 25.1 Å². The fourth-order valence-corrected chi connectivity index (χ4v) is 2.98. The van der Waals surface area contributed by atoms with Gasteiger partial charge in [-0.05, 0) is 19.8 Å².